The van der Waals surface area contributed by atoms with Crippen LogP contribution in [0.15, 0.2) is 54.6 Å². The minimum absolute atomic E-state index is 0.187. The van der Waals surface area contributed by atoms with Gasteiger partial charge in [0, 0.05) is 32.1 Å². The largest absolute Gasteiger partial charge is 0.330 e. The van der Waals surface area contributed by atoms with Gasteiger partial charge in [0.25, 0.3) is 0 Å². The molecular formula is C19H22N4. The summed E-state index contributed by atoms with van der Waals surface area (Å²) in [5, 5.41) is 0. The molecule has 0 unspecified atom stereocenters. The Morgan fingerprint density at radius 1 is 1.04 bits per heavy atom. The summed E-state index contributed by atoms with van der Waals surface area (Å²) in [5.41, 5.74) is 9.99. The summed E-state index contributed by atoms with van der Waals surface area (Å²) in [5.74, 6) is 1.51. The number of nitrogens with two attached hydrogens (primary N) is 1. The van der Waals surface area contributed by atoms with Gasteiger partial charge in [-0.15, -0.1) is 0 Å². The van der Waals surface area contributed by atoms with Crippen LogP contribution in [0, 0.1) is 0 Å². The van der Waals surface area contributed by atoms with Crippen LogP contribution in [-0.4, -0.2) is 33.6 Å². The summed E-state index contributed by atoms with van der Waals surface area (Å²) in [6.07, 6.45) is 0. The number of fused-ring (bicyclic) bond motifs is 1. The van der Waals surface area contributed by atoms with Crippen LogP contribution in [0.25, 0.3) is 11.0 Å². The molecule has 0 spiro atoms. The Labute approximate surface area is 136 Å². The zero-order valence-electron chi connectivity index (χ0n) is 13.4. The molecule has 2 atom stereocenters. The fraction of sp³-hybridized carbons (Fsp3) is 0.316. The molecule has 0 aliphatic carbocycles. The van der Waals surface area contributed by atoms with E-state index in [1.54, 1.807) is 0 Å². The van der Waals surface area contributed by atoms with Crippen LogP contribution in [0.4, 0.5) is 0 Å². The van der Waals surface area contributed by atoms with Gasteiger partial charge >= 0.3 is 0 Å². The summed E-state index contributed by atoms with van der Waals surface area (Å²) in [6, 6.07) is 19.1. The van der Waals surface area contributed by atoms with Gasteiger partial charge in [-0.05, 0) is 17.7 Å². The third kappa shape index (κ3) is 2.64. The predicted octanol–water partition coefficient (Wildman–Crippen LogP) is 2.50. The number of hydrogen-bond donors (Lipinski definition) is 1. The Morgan fingerprint density at radius 3 is 2.57 bits per heavy atom. The minimum atomic E-state index is 0.187. The van der Waals surface area contributed by atoms with Crippen molar-refractivity contribution in [1.82, 2.24) is 14.5 Å². The van der Waals surface area contributed by atoms with Gasteiger partial charge in [-0.1, -0.05) is 42.5 Å². The van der Waals surface area contributed by atoms with Crippen LogP contribution in [-0.2, 0) is 13.6 Å². The maximum absolute atomic E-state index is 6.40. The van der Waals surface area contributed by atoms with Crippen molar-refractivity contribution in [2.75, 3.05) is 13.1 Å². The van der Waals surface area contributed by atoms with Crippen LogP contribution in [0.2, 0.25) is 0 Å². The Hall–Kier alpha value is -2.17. The number of likely N-dealkylation sites (tertiary alicyclic amines) is 1. The number of benzene rings is 2. The lowest BCUT2D eigenvalue weighted by Gasteiger charge is -2.16. The topological polar surface area (TPSA) is 47.1 Å². The zero-order chi connectivity index (χ0) is 15.8. The number of hydrogen-bond acceptors (Lipinski definition) is 3. The molecule has 1 fully saturated rings. The molecule has 0 amide bonds. The fourth-order valence-corrected chi connectivity index (χ4v) is 3.63. The van der Waals surface area contributed by atoms with Gasteiger partial charge in [0.15, 0.2) is 0 Å². The van der Waals surface area contributed by atoms with Crippen molar-refractivity contribution in [2.24, 2.45) is 12.8 Å². The Bertz CT molecular complexity index is 809. The first-order valence-electron chi connectivity index (χ1n) is 8.15. The maximum Gasteiger partial charge on any atom is 0.123 e. The quantitative estimate of drug-likeness (QED) is 0.809. The molecule has 0 radical (unpaired) electrons. The van der Waals surface area contributed by atoms with Crippen LogP contribution < -0.4 is 5.73 Å². The van der Waals surface area contributed by atoms with Crippen molar-refractivity contribution < 1.29 is 0 Å². The second kappa shape index (κ2) is 5.80. The van der Waals surface area contributed by atoms with Gasteiger partial charge in [0.1, 0.15) is 5.82 Å². The van der Waals surface area contributed by atoms with E-state index in [-0.39, 0.29) is 6.04 Å². The molecule has 2 aromatic carbocycles. The summed E-state index contributed by atoms with van der Waals surface area (Å²) in [6.45, 7) is 2.76. The molecule has 1 aliphatic rings. The van der Waals surface area contributed by atoms with E-state index >= 15 is 0 Å². The van der Waals surface area contributed by atoms with E-state index in [4.69, 9.17) is 10.7 Å². The molecule has 4 heteroatoms. The molecule has 4 rings (SSSR count). The summed E-state index contributed by atoms with van der Waals surface area (Å²) < 4.78 is 2.19. The normalized spacial score (nSPS) is 22.0. The average Bonchev–Trinajstić information content (AvgIpc) is 3.10. The number of rotatable bonds is 3. The molecule has 118 valence electrons. The Morgan fingerprint density at radius 2 is 1.78 bits per heavy atom. The molecule has 4 nitrogen and oxygen atoms in total. The molecule has 3 aromatic rings. The van der Waals surface area contributed by atoms with Gasteiger partial charge in [0.2, 0.25) is 0 Å². The first kappa shape index (κ1) is 14.4. The maximum atomic E-state index is 6.40. The van der Waals surface area contributed by atoms with E-state index in [0.29, 0.717) is 5.92 Å². The molecule has 1 aliphatic heterocycles. The third-order valence-electron chi connectivity index (χ3n) is 4.91. The number of nitrogens with zero attached hydrogens (tertiary/aromatic N) is 3. The lowest BCUT2D eigenvalue weighted by molar-refractivity contribution is 0.312. The van der Waals surface area contributed by atoms with Crippen LogP contribution >= 0.6 is 0 Å². The lowest BCUT2D eigenvalue weighted by Crippen LogP contribution is -2.29. The lowest BCUT2D eigenvalue weighted by atomic mass is 9.95. The molecule has 23 heavy (non-hydrogen) atoms. The standard InChI is InChI=1S/C19H22N4/c1-22-18-10-6-5-9-17(18)21-19(22)13-23-11-15(16(20)12-23)14-7-3-2-4-8-14/h2-10,15-16H,11-13,20H2,1H3/t15-,16+/m0/s1. The SMILES string of the molecule is Cn1c(CN2C[C@@H](N)[C@H](c3ccccc3)C2)nc2ccccc21. The van der Waals surface area contributed by atoms with E-state index in [2.05, 4.69) is 65.0 Å². The second-order valence-corrected chi connectivity index (χ2v) is 6.45. The second-order valence-electron chi connectivity index (χ2n) is 6.45. The summed E-state index contributed by atoms with van der Waals surface area (Å²) in [4.78, 5) is 7.20. The molecule has 2 heterocycles. The van der Waals surface area contributed by atoms with Gasteiger partial charge in [-0.2, -0.15) is 0 Å². The van der Waals surface area contributed by atoms with Gasteiger partial charge in [0.05, 0.1) is 17.6 Å². The van der Waals surface area contributed by atoms with Crippen molar-refractivity contribution in [1.29, 1.82) is 0 Å². The summed E-state index contributed by atoms with van der Waals surface area (Å²) >= 11 is 0. The molecule has 2 N–H and O–H groups in total. The Balaban J connectivity index is 1.54. The Kier molecular flexibility index (Phi) is 3.63. The summed E-state index contributed by atoms with van der Waals surface area (Å²) in [7, 11) is 2.09. The number of aromatic nitrogens is 2. The van der Waals surface area contributed by atoms with E-state index < -0.39 is 0 Å². The number of aryl methyl sites for hydroxylation is 1. The van der Waals surface area contributed by atoms with Gasteiger partial charge < -0.3 is 10.3 Å². The smallest absolute Gasteiger partial charge is 0.123 e. The van der Waals surface area contributed by atoms with Crippen molar-refractivity contribution in [2.45, 2.75) is 18.5 Å². The van der Waals surface area contributed by atoms with Gasteiger partial charge in [-0.25, -0.2) is 4.98 Å². The van der Waals surface area contributed by atoms with Crippen molar-refractivity contribution in [3.8, 4) is 0 Å². The first-order chi connectivity index (χ1) is 11.2. The number of imidazole rings is 1. The van der Waals surface area contributed by atoms with E-state index in [1.807, 2.05) is 6.07 Å². The highest BCUT2D eigenvalue weighted by molar-refractivity contribution is 5.75. The zero-order valence-corrected chi connectivity index (χ0v) is 13.4. The number of para-hydroxylation sites is 2. The molecule has 1 saturated heterocycles. The van der Waals surface area contributed by atoms with Crippen LogP contribution in [0.5, 0.6) is 0 Å². The highest BCUT2D eigenvalue weighted by Crippen LogP contribution is 2.27. The molecule has 0 bridgehead atoms. The molecular weight excluding hydrogens is 284 g/mol. The van der Waals surface area contributed by atoms with Crippen LogP contribution in [0.3, 0.4) is 0 Å². The van der Waals surface area contributed by atoms with Crippen LogP contribution in [0.1, 0.15) is 17.3 Å². The fourth-order valence-electron chi connectivity index (χ4n) is 3.63. The first-order valence-corrected chi connectivity index (χ1v) is 8.15. The van der Waals surface area contributed by atoms with E-state index in [9.17, 15) is 0 Å². The van der Waals surface area contributed by atoms with E-state index in [1.165, 1.54) is 11.1 Å². The van der Waals surface area contributed by atoms with Gasteiger partial charge in [-0.3, -0.25) is 4.90 Å². The molecule has 0 saturated carbocycles. The molecule has 1 aromatic heterocycles. The van der Waals surface area contributed by atoms with Crippen molar-refractivity contribution in [3.05, 3.63) is 66.0 Å². The average molecular weight is 306 g/mol. The highest BCUT2D eigenvalue weighted by Gasteiger charge is 2.31. The third-order valence-corrected chi connectivity index (χ3v) is 4.91. The highest BCUT2D eigenvalue weighted by atomic mass is 15.2. The monoisotopic (exact) mass is 306 g/mol. The van der Waals surface area contributed by atoms with Crippen molar-refractivity contribution in [3.63, 3.8) is 0 Å². The predicted molar refractivity (Wildman–Crippen MR) is 93.1 cm³/mol. The van der Waals surface area contributed by atoms with E-state index in [0.717, 1.165) is 31.0 Å². The minimum Gasteiger partial charge on any atom is -0.330 e. The van der Waals surface area contributed by atoms with Crippen molar-refractivity contribution >= 4 is 11.0 Å².